The first-order chi connectivity index (χ1) is 8.75. The Morgan fingerprint density at radius 3 is 2.78 bits per heavy atom. The molecular formula is C13H16BrN3O. The van der Waals surface area contributed by atoms with E-state index in [-0.39, 0.29) is 0 Å². The van der Waals surface area contributed by atoms with Crippen molar-refractivity contribution in [2.24, 2.45) is 0 Å². The van der Waals surface area contributed by atoms with E-state index in [9.17, 15) is 5.11 Å². The van der Waals surface area contributed by atoms with Gasteiger partial charge in [-0.3, -0.25) is 4.68 Å². The molecule has 2 N–H and O–H groups in total. The molecule has 2 rings (SSSR count). The lowest BCUT2D eigenvalue weighted by atomic mass is 10.1. The second kappa shape index (κ2) is 6.68. The Bertz CT molecular complexity index is 456. The molecule has 1 heterocycles. The first kappa shape index (κ1) is 13.3. The first-order valence-electron chi connectivity index (χ1n) is 5.87. The van der Waals surface area contributed by atoms with Gasteiger partial charge < -0.3 is 10.4 Å². The maximum Gasteiger partial charge on any atom is 0.0914 e. The van der Waals surface area contributed by atoms with E-state index in [1.807, 2.05) is 41.2 Å². The van der Waals surface area contributed by atoms with Crippen LogP contribution < -0.4 is 5.32 Å². The van der Waals surface area contributed by atoms with Gasteiger partial charge in [0.15, 0.2) is 0 Å². The highest BCUT2D eigenvalue weighted by atomic mass is 79.9. The number of rotatable bonds is 6. The minimum absolute atomic E-state index is 0.476. The molecule has 0 spiro atoms. The van der Waals surface area contributed by atoms with Crippen LogP contribution in [0.1, 0.15) is 11.7 Å². The third kappa shape index (κ3) is 3.94. The van der Waals surface area contributed by atoms with Crippen LogP contribution in [0.4, 0.5) is 0 Å². The zero-order chi connectivity index (χ0) is 12.8. The summed E-state index contributed by atoms with van der Waals surface area (Å²) in [5, 5.41) is 17.3. The minimum atomic E-state index is -0.476. The van der Waals surface area contributed by atoms with Crippen LogP contribution in [0, 0.1) is 0 Å². The van der Waals surface area contributed by atoms with E-state index in [4.69, 9.17) is 0 Å². The largest absolute Gasteiger partial charge is 0.387 e. The van der Waals surface area contributed by atoms with Gasteiger partial charge in [0.2, 0.25) is 0 Å². The van der Waals surface area contributed by atoms with Crippen LogP contribution in [0.15, 0.2) is 47.2 Å². The predicted octanol–water partition coefficient (Wildman–Crippen LogP) is 1.97. The fraction of sp³-hybridized carbons (Fsp3) is 0.308. The van der Waals surface area contributed by atoms with Gasteiger partial charge in [0.1, 0.15) is 0 Å². The van der Waals surface area contributed by atoms with Gasteiger partial charge in [-0.05, 0) is 23.8 Å². The lowest BCUT2D eigenvalue weighted by molar-refractivity contribution is 0.174. The number of aliphatic hydroxyl groups excluding tert-OH is 1. The van der Waals surface area contributed by atoms with Crippen molar-refractivity contribution in [3.8, 4) is 0 Å². The second-order valence-electron chi connectivity index (χ2n) is 4.04. The van der Waals surface area contributed by atoms with Crippen LogP contribution in [0.3, 0.4) is 0 Å². The molecule has 4 nitrogen and oxygen atoms in total. The lowest BCUT2D eigenvalue weighted by Crippen LogP contribution is -2.25. The molecule has 0 saturated heterocycles. The minimum Gasteiger partial charge on any atom is -0.387 e. The zero-order valence-electron chi connectivity index (χ0n) is 9.96. The van der Waals surface area contributed by atoms with Crippen molar-refractivity contribution in [1.29, 1.82) is 0 Å². The van der Waals surface area contributed by atoms with E-state index in [2.05, 4.69) is 26.3 Å². The summed E-state index contributed by atoms with van der Waals surface area (Å²) < 4.78 is 2.88. The highest BCUT2D eigenvalue weighted by molar-refractivity contribution is 9.10. The van der Waals surface area contributed by atoms with Gasteiger partial charge in [-0.25, -0.2) is 0 Å². The number of hydrogen-bond acceptors (Lipinski definition) is 3. The van der Waals surface area contributed by atoms with Crippen molar-refractivity contribution in [2.45, 2.75) is 12.6 Å². The zero-order valence-corrected chi connectivity index (χ0v) is 11.5. The number of aromatic nitrogens is 2. The molecule has 0 aliphatic heterocycles. The molecule has 0 aliphatic rings. The number of halogens is 1. The highest BCUT2D eigenvalue weighted by Gasteiger charge is 2.06. The molecule has 0 aliphatic carbocycles. The molecular weight excluding hydrogens is 294 g/mol. The Morgan fingerprint density at radius 2 is 2.11 bits per heavy atom. The molecule has 0 amide bonds. The number of nitrogens with zero attached hydrogens (tertiary/aromatic N) is 2. The van der Waals surface area contributed by atoms with E-state index in [0.29, 0.717) is 6.54 Å². The smallest absolute Gasteiger partial charge is 0.0914 e. The first-order valence-corrected chi connectivity index (χ1v) is 6.66. The Kier molecular flexibility index (Phi) is 4.92. The third-order valence-corrected chi connectivity index (χ3v) is 3.20. The van der Waals surface area contributed by atoms with Crippen LogP contribution >= 0.6 is 15.9 Å². The molecule has 0 saturated carbocycles. The van der Waals surface area contributed by atoms with Crippen LogP contribution in [0.25, 0.3) is 0 Å². The van der Waals surface area contributed by atoms with Gasteiger partial charge in [-0.2, -0.15) is 5.10 Å². The van der Waals surface area contributed by atoms with Crippen molar-refractivity contribution < 1.29 is 5.11 Å². The molecule has 0 bridgehead atoms. The van der Waals surface area contributed by atoms with Crippen molar-refractivity contribution in [1.82, 2.24) is 15.1 Å². The van der Waals surface area contributed by atoms with E-state index in [0.717, 1.165) is 23.1 Å². The van der Waals surface area contributed by atoms with E-state index in [1.54, 1.807) is 6.20 Å². The van der Waals surface area contributed by atoms with Gasteiger partial charge >= 0.3 is 0 Å². The van der Waals surface area contributed by atoms with Crippen LogP contribution in [0.2, 0.25) is 0 Å². The fourth-order valence-electron chi connectivity index (χ4n) is 1.67. The molecule has 1 atom stereocenters. The lowest BCUT2D eigenvalue weighted by Gasteiger charge is -2.12. The summed E-state index contributed by atoms with van der Waals surface area (Å²) in [7, 11) is 0. The molecule has 2 aromatic rings. The molecule has 1 aromatic heterocycles. The van der Waals surface area contributed by atoms with E-state index < -0.39 is 6.10 Å². The van der Waals surface area contributed by atoms with Gasteiger partial charge in [-0.15, -0.1) is 0 Å². The SMILES string of the molecule is O[C@@H](CNCCn1cccn1)c1ccc(Br)cc1. The molecule has 0 unspecified atom stereocenters. The van der Waals surface area contributed by atoms with Crippen molar-refractivity contribution in [2.75, 3.05) is 13.1 Å². The van der Waals surface area contributed by atoms with Crippen molar-refractivity contribution >= 4 is 15.9 Å². The predicted molar refractivity (Wildman–Crippen MR) is 74.2 cm³/mol. The Labute approximate surface area is 115 Å². The molecule has 1 aromatic carbocycles. The summed E-state index contributed by atoms with van der Waals surface area (Å²) >= 11 is 3.37. The summed E-state index contributed by atoms with van der Waals surface area (Å²) in [5.41, 5.74) is 0.921. The monoisotopic (exact) mass is 309 g/mol. The van der Waals surface area contributed by atoms with Crippen LogP contribution in [-0.4, -0.2) is 28.0 Å². The van der Waals surface area contributed by atoms with Gasteiger partial charge in [0.25, 0.3) is 0 Å². The number of nitrogens with one attached hydrogen (secondary N) is 1. The summed E-state index contributed by atoms with van der Waals surface area (Å²) in [6.45, 7) is 2.14. The van der Waals surface area contributed by atoms with Crippen LogP contribution in [0.5, 0.6) is 0 Å². The average Bonchev–Trinajstić information content (AvgIpc) is 2.88. The van der Waals surface area contributed by atoms with Gasteiger partial charge in [-0.1, -0.05) is 28.1 Å². The maximum absolute atomic E-state index is 9.97. The number of hydrogen-bond donors (Lipinski definition) is 2. The average molecular weight is 310 g/mol. The maximum atomic E-state index is 9.97. The Balaban J connectivity index is 1.71. The molecule has 5 heteroatoms. The molecule has 96 valence electrons. The third-order valence-electron chi connectivity index (χ3n) is 2.67. The molecule has 0 fully saturated rings. The Morgan fingerprint density at radius 1 is 1.33 bits per heavy atom. The van der Waals surface area contributed by atoms with Crippen molar-refractivity contribution in [3.05, 3.63) is 52.8 Å². The number of aliphatic hydroxyl groups is 1. The standard InChI is InChI=1S/C13H16BrN3O/c14-12-4-2-11(3-5-12)13(18)10-15-7-9-17-8-1-6-16-17/h1-6,8,13,15,18H,7,9-10H2/t13-/m0/s1. The quantitative estimate of drug-likeness (QED) is 0.802. The summed E-state index contributed by atoms with van der Waals surface area (Å²) in [4.78, 5) is 0. The second-order valence-corrected chi connectivity index (χ2v) is 4.96. The fourth-order valence-corrected chi connectivity index (χ4v) is 1.93. The topological polar surface area (TPSA) is 50.1 Å². The van der Waals surface area contributed by atoms with Crippen molar-refractivity contribution in [3.63, 3.8) is 0 Å². The molecule has 0 radical (unpaired) electrons. The summed E-state index contributed by atoms with van der Waals surface area (Å²) in [6, 6.07) is 9.61. The van der Waals surface area contributed by atoms with E-state index >= 15 is 0 Å². The van der Waals surface area contributed by atoms with Crippen LogP contribution in [-0.2, 0) is 6.54 Å². The summed E-state index contributed by atoms with van der Waals surface area (Å²) in [5.74, 6) is 0. The van der Waals surface area contributed by atoms with Gasteiger partial charge in [0, 0.05) is 30.0 Å². The number of benzene rings is 1. The normalized spacial score (nSPS) is 12.6. The summed E-state index contributed by atoms with van der Waals surface area (Å²) in [6.07, 6.45) is 3.21. The van der Waals surface area contributed by atoms with E-state index in [1.165, 1.54) is 0 Å². The van der Waals surface area contributed by atoms with Gasteiger partial charge in [0.05, 0.1) is 12.6 Å². The Hall–Kier alpha value is -1.17. The molecule has 18 heavy (non-hydrogen) atoms. The highest BCUT2D eigenvalue weighted by Crippen LogP contribution is 2.16.